The average molecular weight is 262 g/mol. The largest absolute Gasteiger partial charge is 0.477 e. The summed E-state index contributed by atoms with van der Waals surface area (Å²) in [5.41, 5.74) is 1.11. The van der Waals surface area contributed by atoms with E-state index in [1.54, 1.807) is 11.4 Å². The first-order valence-electron chi connectivity index (χ1n) is 5.66. The number of hydrogen-bond donors (Lipinski definition) is 1. The van der Waals surface area contributed by atoms with Gasteiger partial charge in [0.2, 0.25) is 0 Å². The fraction of sp³-hybridized carbons (Fsp3) is 0.214. The Morgan fingerprint density at radius 3 is 2.67 bits per heavy atom. The molecular formula is C14H14O3S. The zero-order valence-corrected chi connectivity index (χ0v) is 11.0. The van der Waals surface area contributed by atoms with Gasteiger partial charge in [-0.25, -0.2) is 4.79 Å². The molecule has 0 saturated carbocycles. The van der Waals surface area contributed by atoms with Gasteiger partial charge in [-0.3, -0.25) is 0 Å². The first kappa shape index (κ1) is 12.6. The molecule has 0 spiro atoms. The zero-order chi connectivity index (χ0) is 13.1. The number of rotatable bonds is 4. The number of carboxylic acids is 1. The monoisotopic (exact) mass is 262 g/mol. The number of thiophene rings is 1. The molecule has 0 saturated heterocycles. The molecule has 94 valence electrons. The molecule has 3 nitrogen and oxygen atoms in total. The van der Waals surface area contributed by atoms with E-state index in [9.17, 15) is 4.79 Å². The standard InChI is InChI=1S/C14H14O3S/c1-9(2)11-5-3-4-6-12(11)17-10-7-13(14(15)16)18-8-10/h3-9H,1-2H3,(H,15,16). The molecule has 2 aromatic rings. The smallest absolute Gasteiger partial charge is 0.346 e. The van der Waals surface area contributed by atoms with Gasteiger partial charge in [0.25, 0.3) is 0 Å². The number of benzene rings is 1. The first-order chi connectivity index (χ1) is 8.58. The quantitative estimate of drug-likeness (QED) is 0.890. The molecule has 1 heterocycles. The lowest BCUT2D eigenvalue weighted by atomic mass is 10.0. The van der Waals surface area contributed by atoms with E-state index in [1.165, 1.54) is 11.3 Å². The summed E-state index contributed by atoms with van der Waals surface area (Å²) in [6.07, 6.45) is 0. The van der Waals surface area contributed by atoms with Crippen molar-refractivity contribution >= 4 is 17.3 Å². The molecule has 1 N–H and O–H groups in total. The zero-order valence-electron chi connectivity index (χ0n) is 10.2. The predicted octanol–water partition coefficient (Wildman–Crippen LogP) is 4.36. The highest BCUT2D eigenvalue weighted by Gasteiger charge is 2.11. The van der Waals surface area contributed by atoms with Crippen LogP contribution in [0, 0.1) is 0 Å². The summed E-state index contributed by atoms with van der Waals surface area (Å²) in [5.74, 6) is 0.790. The molecule has 0 aliphatic carbocycles. The summed E-state index contributed by atoms with van der Waals surface area (Å²) >= 11 is 1.17. The van der Waals surface area contributed by atoms with Gasteiger partial charge in [-0.15, -0.1) is 11.3 Å². The van der Waals surface area contributed by atoms with Gasteiger partial charge in [0.15, 0.2) is 0 Å². The minimum absolute atomic E-state index is 0.284. The second-order valence-electron chi connectivity index (χ2n) is 4.25. The molecule has 0 aliphatic rings. The molecule has 4 heteroatoms. The minimum atomic E-state index is -0.924. The van der Waals surface area contributed by atoms with E-state index in [0.717, 1.165) is 11.3 Å². The Bertz CT molecular complexity index is 558. The Labute approximate surface area is 110 Å². The van der Waals surface area contributed by atoms with Crippen LogP contribution < -0.4 is 4.74 Å². The molecule has 18 heavy (non-hydrogen) atoms. The Hall–Kier alpha value is -1.81. The van der Waals surface area contributed by atoms with Crippen LogP contribution in [0.15, 0.2) is 35.7 Å². The number of carbonyl (C=O) groups is 1. The van der Waals surface area contributed by atoms with Crippen molar-refractivity contribution in [3.8, 4) is 11.5 Å². The molecule has 0 radical (unpaired) electrons. The summed E-state index contributed by atoms with van der Waals surface area (Å²) in [6, 6.07) is 9.34. The first-order valence-corrected chi connectivity index (χ1v) is 6.54. The van der Waals surface area contributed by atoms with E-state index < -0.39 is 5.97 Å². The van der Waals surface area contributed by atoms with Gasteiger partial charge >= 0.3 is 5.97 Å². The van der Waals surface area contributed by atoms with Crippen LogP contribution in [0.3, 0.4) is 0 Å². The summed E-state index contributed by atoms with van der Waals surface area (Å²) < 4.78 is 5.75. The van der Waals surface area contributed by atoms with Gasteiger partial charge in [-0.05, 0) is 17.5 Å². The lowest BCUT2D eigenvalue weighted by Crippen LogP contribution is -1.93. The van der Waals surface area contributed by atoms with Crippen molar-refractivity contribution in [1.29, 1.82) is 0 Å². The molecule has 2 rings (SSSR count). The Kier molecular flexibility index (Phi) is 3.67. The van der Waals surface area contributed by atoms with Crippen LogP contribution in [0.5, 0.6) is 11.5 Å². The number of carboxylic acid groups (broad SMARTS) is 1. The summed E-state index contributed by atoms with van der Waals surface area (Å²) in [7, 11) is 0. The molecule has 0 atom stereocenters. The molecule has 0 aliphatic heterocycles. The number of para-hydroxylation sites is 1. The molecular weight excluding hydrogens is 248 g/mol. The summed E-state index contributed by atoms with van der Waals surface area (Å²) in [5, 5.41) is 10.6. The Morgan fingerprint density at radius 2 is 2.06 bits per heavy atom. The highest BCUT2D eigenvalue weighted by molar-refractivity contribution is 7.12. The van der Waals surface area contributed by atoms with Gasteiger partial charge < -0.3 is 9.84 Å². The van der Waals surface area contributed by atoms with Crippen LogP contribution in [0.1, 0.15) is 35.0 Å². The van der Waals surface area contributed by atoms with E-state index in [0.29, 0.717) is 11.7 Å². The van der Waals surface area contributed by atoms with Gasteiger partial charge in [0, 0.05) is 11.4 Å². The fourth-order valence-electron chi connectivity index (χ4n) is 1.66. The number of ether oxygens (including phenoxy) is 1. The van der Waals surface area contributed by atoms with Gasteiger partial charge in [-0.2, -0.15) is 0 Å². The molecule has 1 aromatic carbocycles. The highest BCUT2D eigenvalue weighted by atomic mass is 32.1. The van der Waals surface area contributed by atoms with Gasteiger partial charge in [0.1, 0.15) is 16.4 Å². The van der Waals surface area contributed by atoms with Crippen LogP contribution in [-0.2, 0) is 0 Å². The number of hydrogen-bond acceptors (Lipinski definition) is 3. The third-order valence-electron chi connectivity index (χ3n) is 2.56. The van der Waals surface area contributed by atoms with Crippen molar-refractivity contribution in [3.05, 3.63) is 46.2 Å². The molecule has 0 bridgehead atoms. The van der Waals surface area contributed by atoms with Crippen molar-refractivity contribution in [2.45, 2.75) is 19.8 Å². The summed E-state index contributed by atoms with van der Waals surface area (Å²) in [4.78, 5) is 11.1. The predicted molar refractivity (Wildman–Crippen MR) is 71.9 cm³/mol. The molecule has 0 fully saturated rings. The third-order valence-corrected chi connectivity index (χ3v) is 3.45. The Morgan fingerprint density at radius 1 is 1.33 bits per heavy atom. The van der Waals surface area contributed by atoms with Crippen molar-refractivity contribution in [2.24, 2.45) is 0 Å². The van der Waals surface area contributed by atoms with Crippen molar-refractivity contribution in [1.82, 2.24) is 0 Å². The van der Waals surface area contributed by atoms with E-state index in [1.807, 2.05) is 24.3 Å². The van der Waals surface area contributed by atoms with E-state index in [2.05, 4.69) is 13.8 Å². The van der Waals surface area contributed by atoms with Crippen molar-refractivity contribution in [3.63, 3.8) is 0 Å². The maximum Gasteiger partial charge on any atom is 0.346 e. The van der Waals surface area contributed by atoms with Crippen molar-refractivity contribution < 1.29 is 14.6 Å². The van der Waals surface area contributed by atoms with E-state index >= 15 is 0 Å². The Balaban J connectivity index is 2.25. The van der Waals surface area contributed by atoms with Gasteiger partial charge in [-0.1, -0.05) is 32.0 Å². The highest BCUT2D eigenvalue weighted by Crippen LogP contribution is 2.32. The van der Waals surface area contributed by atoms with E-state index in [4.69, 9.17) is 9.84 Å². The van der Waals surface area contributed by atoms with Crippen molar-refractivity contribution in [2.75, 3.05) is 0 Å². The summed E-state index contributed by atoms with van der Waals surface area (Å²) in [6.45, 7) is 4.19. The normalized spacial score (nSPS) is 10.6. The molecule has 1 aromatic heterocycles. The average Bonchev–Trinajstić information content (AvgIpc) is 2.78. The lowest BCUT2D eigenvalue weighted by molar-refractivity contribution is 0.0702. The van der Waals surface area contributed by atoms with Gasteiger partial charge in [0.05, 0.1) is 0 Å². The SMILES string of the molecule is CC(C)c1ccccc1Oc1csc(C(=O)O)c1. The second kappa shape index (κ2) is 5.23. The fourth-order valence-corrected chi connectivity index (χ4v) is 2.31. The number of aromatic carboxylic acids is 1. The van der Waals surface area contributed by atoms with Crippen LogP contribution in [0.25, 0.3) is 0 Å². The van der Waals surface area contributed by atoms with Crippen LogP contribution in [-0.4, -0.2) is 11.1 Å². The van der Waals surface area contributed by atoms with Crippen LogP contribution in [0.4, 0.5) is 0 Å². The lowest BCUT2D eigenvalue weighted by Gasteiger charge is -2.12. The topological polar surface area (TPSA) is 46.5 Å². The molecule has 0 unspecified atom stereocenters. The third kappa shape index (κ3) is 2.71. The second-order valence-corrected chi connectivity index (χ2v) is 5.16. The maximum atomic E-state index is 10.8. The minimum Gasteiger partial charge on any atom is -0.477 e. The maximum absolute atomic E-state index is 10.8. The van der Waals surface area contributed by atoms with Crippen LogP contribution >= 0.6 is 11.3 Å². The van der Waals surface area contributed by atoms with E-state index in [-0.39, 0.29) is 4.88 Å². The van der Waals surface area contributed by atoms with Crippen LogP contribution in [0.2, 0.25) is 0 Å². The molecule has 0 amide bonds.